The molecule has 1 aromatic heterocycles. The molecule has 0 bridgehead atoms. The van der Waals surface area contributed by atoms with E-state index in [2.05, 4.69) is 22.1 Å². The third kappa shape index (κ3) is 5.03. The van der Waals surface area contributed by atoms with Gasteiger partial charge in [0, 0.05) is 22.9 Å². The Bertz CT molecular complexity index is 941. The maximum absolute atomic E-state index is 12.4. The largest absolute Gasteiger partial charge is 0.342 e. The van der Waals surface area contributed by atoms with Gasteiger partial charge in [0.05, 0.1) is 6.04 Å². The van der Waals surface area contributed by atoms with E-state index in [0.29, 0.717) is 23.0 Å². The Labute approximate surface area is 173 Å². The summed E-state index contributed by atoms with van der Waals surface area (Å²) in [6, 6.07) is 16.6. The summed E-state index contributed by atoms with van der Waals surface area (Å²) >= 11 is 7.53. The number of hydrogen-bond donors (Lipinski definition) is 1. The zero-order valence-corrected chi connectivity index (χ0v) is 17.1. The Morgan fingerprint density at radius 1 is 1.21 bits per heavy atom. The minimum Gasteiger partial charge on any atom is -0.342 e. The molecule has 3 rings (SSSR count). The van der Waals surface area contributed by atoms with E-state index >= 15 is 0 Å². The number of nitrogens with zero attached hydrogens (tertiary/aromatic N) is 3. The number of halogens is 1. The molecule has 0 aliphatic rings. The van der Waals surface area contributed by atoms with Crippen molar-refractivity contribution in [3.05, 3.63) is 89.2 Å². The predicted molar refractivity (Wildman–Crippen MR) is 114 cm³/mol. The number of allylic oxidation sites excluding steroid dienone is 1. The summed E-state index contributed by atoms with van der Waals surface area (Å²) in [5.41, 5.74) is 1.76. The SMILES string of the molecule is C=CCn1c(SCc2ccc(Cl)cc2)nnc1[C@H](C)NC(=O)c1ccccc1. The van der Waals surface area contributed by atoms with Crippen LogP contribution < -0.4 is 5.32 Å². The number of thioether (sulfide) groups is 1. The monoisotopic (exact) mass is 412 g/mol. The fourth-order valence-corrected chi connectivity index (χ4v) is 3.73. The number of carbonyl (C=O) groups is 1. The van der Waals surface area contributed by atoms with Gasteiger partial charge in [0.1, 0.15) is 0 Å². The van der Waals surface area contributed by atoms with Gasteiger partial charge in [-0.3, -0.25) is 4.79 Å². The molecule has 0 spiro atoms. The van der Waals surface area contributed by atoms with Crippen LogP contribution in [-0.2, 0) is 12.3 Å². The lowest BCUT2D eigenvalue weighted by molar-refractivity contribution is 0.0937. The zero-order valence-electron chi connectivity index (χ0n) is 15.5. The molecule has 5 nitrogen and oxygen atoms in total. The highest BCUT2D eigenvalue weighted by molar-refractivity contribution is 7.98. The van der Waals surface area contributed by atoms with E-state index < -0.39 is 0 Å². The summed E-state index contributed by atoms with van der Waals surface area (Å²) in [4.78, 5) is 12.4. The van der Waals surface area contributed by atoms with Crippen LogP contribution >= 0.6 is 23.4 Å². The van der Waals surface area contributed by atoms with Crippen LogP contribution in [0, 0.1) is 0 Å². The van der Waals surface area contributed by atoms with E-state index in [4.69, 9.17) is 11.6 Å². The summed E-state index contributed by atoms with van der Waals surface area (Å²) in [5.74, 6) is 1.30. The average molecular weight is 413 g/mol. The molecule has 0 radical (unpaired) electrons. The average Bonchev–Trinajstić information content (AvgIpc) is 3.11. The molecule has 1 heterocycles. The van der Waals surface area contributed by atoms with E-state index in [-0.39, 0.29) is 11.9 Å². The lowest BCUT2D eigenvalue weighted by Gasteiger charge is -2.15. The fourth-order valence-electron chi connectivity index (χ4n) is 2.69. The Morgan fingerprint density at radius 3 is 2.61 bits per heavy atom. The molecule has 0 saturated carbocycles. The first-order chi connectivity index (χ1) is 13.6. The molecule has 0 aliphatic heterocycles. The highest BCUT2D eigenvalue weighted by Gasteiger charge is 2.19. The van der Waals surface area contributed by atoms with Crippen LogP contribution in [0.1, 0.15) is 34.7 Å². The summed E-state index contributed by atoms with van der Waals surface area (Å²) < 4.78 is 1.98. The van der Waals surface area contributed by atoms with Crippen molar-refractivity contribution in [2.45, 2.75) is 30.4 Å². The molecule has 0 unspecified atom stereocenters. The lowest BCUT2D eigenvalue weighted by Crippen LogP contribution is -2.28. The van der Waals surface area contributed by atoms with E-state index in [9.17, 15) is 4.79 Å². The molecule has 2 aromatic carbocycles. The third-order valence-corrected chi connectivity index (χ3v) is 5.40. The lowest BCUT2D eigenvalue weighted by atomic mass is 10.2. The van der Waals surface area contributed by atoms with Crippen molar-refractivity contribution in [1.29, 1.82) is 0 Å². The second kappa shape index (κ2) is 9.57. The number of benzene rings is 2. The molecular formula is C21H21ClN4OS. The van der Waals surface area contributed by atoms with Gasteiger partial charge >= 0.3 is 0 Å². The Kier molecular flexibility index (Phi) is 6.90. The molecule has 0 aliphatic carbocycles. The molecule has 3 aromatic rings. The van der Waals surface area contributed by atoms with E-state index in [0.717, 1.165) is 16.5 Å². The number of hydrogen-bond acceptors (Lipinski definition) is 4. The minimum atomic E-state index is -0.287. The number of carbonyl (C=O) groups excluding carboxylic acids is 1. The van der Waals surface area contributed by atoms with Crippen molar-refractivity contribution < 1.29 is 4.79 Å². The number of amides is 1. The smallest absolute Gasteiger partial charge is 0.251 e. The molecular weight excluding hydrogens is 392 g/mol. The normalized spacial score (nSPS) is 11.8. The second-order valence-corrected chi connectivity index (χ2v) is 7.60. The van der Waals surface area contributed by atoms with E-state index in [1.54, 1.807) is 30.0 Å². The van der Waals surface area contributed by atoms with Crippen molar-refractivity contribution in [2.24, 2.45) is 0 Å². The van der Waals surface area contributed by atoms with Crippen LogP contribution in [0.3, 0.4) is 0 Å². The number of rotatable bonds is 8. The summed E-state index contributed by atoms with van der Waals surface area (Å²) in [7, 11) is 0. The summed E-state index contributed by atoms with van der Waals surface area (Å²) in [5, 5.41) is 13.1. The minimum absolute atomic E-state index is 0.142. The molecule has 144 valence electrons. The van der Waals surface area contributed by atoms with Crippen LogP contribution in [0.2, 0.25) is 5.02 Å². The van der Waals surface area contributed by atoms with Gasteiger partial charge in [0.25, 0.3) is 5.91 Å². The fraction of sp³-hybridized carbons (Fsp3) is 0.190. The zero-order chi connectivity index (χ0) is 19.9. The van der Waals surface area contributed by atoms with Crippen LogP contribution in [0.25, 0.3) is 0 Å². The summed E-state index contributed by atoms with van der Waals surface area (Å²) in [6.07, 6.45) is 1.80. The molecule has 0 fully saturated rings. The van der Waals surface area contributed by atoms with Gasteiger partial charge < -0.3 is 9.88 Å². The molecule has 1 N–H and O–H groups in total. The maximum Gasteiger partial charge on any atom is 0.251 e. The van der Waals surface area contributed by atoms with Crippen LogP contribution in [0.4, 0.5) is 0 Å². The molecule has 1 amide bonds. The van der Waals surface area contributed by atoms with E-state index in [1.807, 2.05) is 54.0 Å². The van der Waals surface area contributed by atoms with Gasteiger partial charge in [-0.2, -0.15) is 0 Å². The van der Waals surface area contributed by atoms with Gasteiger partial charge in [-0.25, -0.2) is 0 Å². The van der Waals surface area contributed by atoms with Crippen LogP contribution in [0.15, 0.2) is 72.4 Å². The van der Waals surface area contributed by atoms with Gasteiger partial charge in [-0.15, -0.1) is 16.8 Å². The molecule has 0 saturated heterocycles. The van der Waals surface area contributed by atoms with Crippen molar-refractivity contribution in [3.63, 3.8) is 0 Å². The van der Waals surface area contributed by atoms with Crippen molar-refractivity contribution >= 4 is 29.3 Å². The highest BCUT2D eigenvalue weighted by Crippen LogP contribution is 2.25. The van der Waals surface area contributed by atoms with Crippen LogP contribution in [-0.4, -0.2) is 20.7 Å². The maximum atomic E-state index is 12.4. The molecule has 28 heavy (non-hydrogen) atoms. The quantitative estimate of drug-likeness (QED) is 0.422. The van der Waals surface area contributed by atoms with Gasteiger partial charge in [-0.1, -0.05) is 59.8 Å². The van der Waals surface area contributed by atoms with Crippen molar-refractivity contribution in [2.75, 3.05) is 0 Å². The Hall–Kier alpha value is -2.57. The topological polar surface area (TPSA) is 59.8 Å². The van der Waals surface area contributed by atoms with Crippen LogP contribution in [0.5, 0.6) is 0 Å². The summed E-state index contributed by atoms with van der Waals surface area (Å²) in [6.45, 7) is 6.29. The van der Waals surface area contributed by atoms with E-state index in [1.165, 1.54) is 0 Å². The Balaban J connectivity index is 1.72. The first-order valence-corrected chi connectivity index (χ1v) is 10.2. The van der Waals surface area contributed by atoms with Gasteiger partial charge in [0.15, 0.2) is 11.0 Å². The highest BCUT2D eigenvalue weighted by atomic mass is 35.5. The Morgan fingerprint density at radius 2 is 1.93 bits per heavy atom. The van der Waals surface area contributed by atoms with Gasteiger partial charge in [-0.05, 0) is 36.8 Å². The number of aromatic nitrogens is 3. The predicted octanol–water partition coefficient (Wildman–Crippen LogP) is 4.90. The van der Waals surface area contributed by atoms with Gasteiger partial charge in [0.2, 0.25) is 0 Å². The van der Waals surface area contributed by atoms with Crippen molar-refractivity contribution in [1.82, 2.24) is 20.1 Å². The van der Waals surface area contributed by atoms with Crippen molar-refractivity contribution in [3.8, 4) is 0 Å². The second-order valence-electron chi connectivity index (χ2n) is 6.22. The third-order valence-electron chi connectivity index (χ3n) is 4.11. The first kappa shape index (κ1) is 20.2. The molecule has 1 atom stereocenters. The standard InChI is InChI=1S/C21H21ClN4OS/c1-3-13-26-19(15(2)23-20(27)17-7-5-4-6-8-17)24-25-21(26)28-14-16-9-11-18(22)12-10-16/h3-12,15H,1,13-14H2,2H3,(H,23,27)/t15-/m0/s1. The molecule has 7 heteroatoms. The number of nitrogens with one attached hydrogen (secondary N) is 1. The first-order valence-electron chi connectivity index (χ1n) is 8.85.